The van der Waals surface area contributed by atoms with Gasteiger partial charge in [-0.2, -0.15) is 0 Å². The van der Waals surface area contributed by atoms with Crippen molar-refractivity contribution < 1.29 is 57.4 Å². The Balaban J connectivity index is 3.75. The van der Waals surface area contributed by atoms with Crippen LogP contribution >= 0.6 is 0 Å². The van der Waals surface area contributed by atoms with Crippen molar-refractivity contribution in [2.45, 2.75) is 216 Å². The summed E-state index contributed by atoms with van der Waals surface area (Å²) in [5.74, 6) is -7.71. The van der Waals surface area contributed by atoms with Crippen molar-refractivity contribution in [1.29, 1.82) is 0 Å². The summed E-state index contributed by atoms with van der Waals surface area (Å²) in [5, 5.41) is 21.7. The van der Waals surface area contributed by atoms with Gasteiger partial charge in [0.05, 0.1) is 13.2 Å². The first-order valence-electron chi connectivity index (χ1n) is 32.2. The van der Waals surface area contributed by atoms with Crippen molar-refractivity contribution in [2.24, 2.45) is 77.3 Å². The lowest BCUT2D eigenvalue weighted by atomic mass is 10.0. The van der Waals surface area contributed by atoms with E-state index in [1.165, 1.54) is 6.42 Å². The number of unbranched alkanes of at least 4 members (excludes halogenated alkanes) is 8. The molecular formula is C58H110N22O12. The number of rotatable bonds is 47. The number of carbonyl (C=O) groups excluding carboxylic acids is 10. The quantitative estimate of drug-likeness (QED) is 0.0156. The fourth-order valence-corrected chi connectivity index (χ4v) is 9.49. The topological polar surface area (TPSA) is 595 Å². The molecule has 1 rings (SSSR count). The number of hydrogen-bond acceptors (Lipinski definition) is 17. The first-order valence-corrected chi connectivity index (χ1v) is 32.2. The van der Waals surface area contributed by atoms with Gasteiger partial charge in [0.2, 0.25) is 53.2 Å². The number of carbonyl (C=O) groups is 10. The molecular weight excluding hydrogens is 1200 g/mol. The summed E-state index contributed by atoms with van der Waals surface area (Å²) in [7, 11) is 0. The van der Waals surface area contributed by atoms with Gasteiger partial charge < -0.3 is 109 Å². The number of amides is 9. The summed E-state index contributed by atoms with van der Waals surface area (Å²) in [6, 6.07) is -9.36. The monoisotopic (exact) mass is 1310 g/mol. The van der Waals surface area contributed by atoms with Crippen LogP contribution in [0, 0.1) is 0 Å². The smallest absolute Gasteiger partial charge is 0.246 e. The van der Waals surface area contributed by atoms with Gasteiger partial charge in [-0.05, 0) is 116 Å². The van der Waals surface area contributed by atoms with Crippen molar-refractivity contribution in [2.75, 3.05) is 65.7 Å². The third-order valence-electron chi connectivity index (χ3n) is 14.5. The highest BCUT2D eigenvalue weighted by molar-refractivity contribution is 5.98. The molecule has 1 aliphatic rings. The molecule has 34 heteroatoms. The van der Waals surface area contributed by atoms with Gasteiger partial charge in [0.15, 0.2) is 23.8 Å². The van der Waals surface area contributed by atoms with E-state index in [0.29, 0.717) is 38.6 Å². The fourth-order valence-electron chi connectivity index (χ4n) is 9.49. The summed E-state index contributed by atoms with van der Waals surface area (Å²) < 4.78 is 11.0. The van der Waals surface area contributed by atoms with Gasteiger partial charge in [-0.1, -0.05) is 45.4 Å². The average molecular weight is 1310 g/mol. The van der Waals surface area contributed by atoms with Gasteiger partial charge in [0.1, 0.15) is 54.7 Å². The van der Waals surface area contributed by atoms with Gasteiger partial charge in [-0.3, -0.25) is 67.9 Å². The molecule has 7 atom stereocenters. The number of ether oxygens (including phenoxy) is 2. The predicted molar refractivity (Wildman–Crippen MR) is 350 cm³/mol. The molecule has 1 unspecified atom stereocenters. The van der Waals surface area contributed by atoms with Crippen molar-refractivity contribution in [3.05, 3.63) is 0 Å². The summed E-state index contributed by atoms with van der Waals surface area (Å²) in [6.45, 7) is 2.78. The third-order valence-corrected chi connectivity index (χ3v) is 14.5. The van der Waals surface area contributed by atoms with Gasteiger partial charge >= 0.3 is 0 Å². The van der Waals surface area contributed by atoms with E-state index in [4.69, 9.17) is 66.8 Å². The van der Waals surface area contributed by atoms with Crippen LogP contribution in [0.15, 0.2) is 20.0 Å². The summed E-state index contributed by atoms with van der Waals surface area (Å²) in [6.07, 6.45) is 9.64. The number of aliphatic imine (C=N–C) groups is 4. The van der Waals surface area contributed by atoms with Crippen molar-refractivity contribution >= 4 is 82.8 Å². The van der Waals surface area contributed by atoms with Gasteiger partial charge in [0.25, 0.3) is 0 Å². The number of hydrogen-bond donors (Lipinski definition) is 18. The number of primary amides is 1. The number of Topliss-reactive ketones (excluding diaryl/α,β-unsaturated/α-hetero) is 1. The van der Waals surface area contributed by atoms with Crippen LogP contribution in [0.5, 0.6) is 0 Å². The van der Waals surface area contributed by atoms with Crippen LogP contribution in [-0.4, -0.2) is 191 Å². The van der Waals surface area contributed by atoms with E-state index in [-0.39, 0.29) is 185 Å². The molecule has 92 heavy (non-hydrogen) atoms. The second-order valence-corrected chi connectivity index (χ2v) is 22.5. The van der Waals surface area contributed by atoms with E-state index >= 15 is 0 Å². The van der Waals surface area contributed by atoms with Crippen LogP contribution in [0.25, 0.3) is 0 Å². The zero-order chi connectivity index (χ0) is 68.5. The number of nitrogens with one attached hydrogen (secondary N) is 8. The minimum Gasteiger partial charge on any atom is -0.379 e. The van der Waals surface area contributed by atoms with E-state index < -0.39 is 89.6 Å². The number of ketones is 1. The molecule has 1 aliphatic heterocycles. The highest BCUT2D eigenvalue weighted by atomic mass is 16.5. The Labute approximate surface area is 540 Å². The Morgan fingerprint density at radius 1 is 0.424 bits per heavy atom. The Morgan fingerprint density at radius 3 is 1.22 bits per heavy atom. The summed E-state index contributed by atoms with van der Waals surface area (Å²) >= 11 is 0. The van der Waals surface area contributed by atoms with Crippen molar-refractivity contribution in [3.63, 3.8) is 0 Å². The molecule has 0 spiro atoms. The fraction of sp³-hybridized carbons (Fsp3) is 0.759. The Bertz CT molecular complexity index is 2360. The highest BCUT2D eigenvalue weighted by Gasteiger charge is 2.35. The molecule has 0 saturated carbocycles. The number of nitrogens with two attached hydrogens (primary N) is 10. The molecule has 0 aromatic carbocycles. The average Bonchev–Trinajstić information content (AvgIpc) is 1.000. The van der Waals surface area contributed by atoms with Gasteiger partial charge in [0, 0.05) is 58.6 Å². The first kappa shape index (κ1) is 81.9. The zero-order valence-corrected chi connectivity index (χ0v) is 54.0. The maximum absolute atomic E-state index is 14.8. The molecule has 1 saturated heterocycles. The molecule has 34 nitrogen and oxygen atoms in total. The van der Waals surface area contributed by atoms with Crippen LogP contribution in [0.2, 0.25) is 0 Å². The van der Waals surface area contributed by atoms with E-state index in [2.05, 4.69) is 69.4 Å². The molecule has 524 valence electrons. The van der Waals surface area contributed by atoms with E-state index in [1.807, 2.05) is 0 Å². The van der Waals surface area contributed by atoms with Crippen LogP contribution in [-0.2, 0) is 57.4 Å². The minimum atomic E-state index is -1.52. The lowest BCUT2D eigenvalue weighted by Gasteiger charge is -2.29. The van der Waals surface area contributed by atoms with E-state index in [0.717, 1.165) is 38.5 Å². The Morgan fingerprint density at radius 2 is 0.815 bits per heavy atom. The predicted octanol–water partition coefficient (Wildman–Crippen LogP) is -4.19. The van der Waals surface area contributed by atoms with Crippen molar-refractivity contribution in [1.82, 2.24) is 42.5 Å². The lowest BCUT2D eigenvalue weighted by Crippen LogP contribution is -2.61. The number of nitrogens with zero attached hydrogens (tertiary/aromatic N) is 4. The maximum Gasteiger partial charge on any atom is 0.246 e. The minimum absolute atomic E-state index is 0.0121. The van der Waals surface area contributed by atoms with E-state index in [9.17, 15) is 47.9 Å². The molecule has 1 heterocycles. The molecule has 0 aromatic heterocycles. The van der Waals surface area contributed by atoms with Crippen molar-refractivity contribution in [3.8, 4) is 0 Å². The maximum atomic E-state index is 14.8. The molecule has 0 radical (unpaired) electrons. The Hall–Kier alpha value is -8.14. The molecule has 28 N–H and O–H groups in total. The van der Waals surface area contributed by atoms with E-state index in [1.54, 1.807) is 0 Å². The molecule has 0 bridgehead atoms. The highest BCUT2D eigenvalue weighted by Crippen LogP contribution is 2.14. The standard InChI is InChI=1S/C58H110N22O12/c1-2-3-4-5-6-7-8-25-46(82)69-29-12-10-20-40-49(85)76-41(21-13-30-70-55(61)62)50(86)77-42(22-14-31-71-56(63)64)51(87)78-43(23-15-32-72-57(65)66)52(88)79-44(24-16-33-73-58(67)68)53(89)80-45(54(90)75-40)27-26-38(81)18-17-34-91-35-36-92-37-47(83)74-39(48(60)84)19-9-11-28-59/h39-45H,2-37,59H2,1H3,(H2,60,84)(H,69,82)(H,74,83)(H,75,90)(H,76,85)(H,77,86)(H,78,87)(H,79,88)(H,80,89)(H4,61,62,70)(H4,63,64,71)(H4,65,66,72)(H4,67,68,73)/t39?,40-,41-,42-,43-,44-,45-/m0/s1. The van der Waals surface area contributed by atoms with Crippen LogP contribution in [0.4, 0.5) is 0 Å². The SMILES string of the molecule is CCCCCCCCCC(=O)NCCCC[C@@H]1NC(=O)[C@H](CCC(=O)CCCOCCOCC(=O)NC(CCCCN)C(N)=O)NC(=O)[C@H](CCCN=C(N)N)NC(=O)[C@H](CCCN=C(N)N)NC(=O)[C@H](CCCN=C(N)N)NC(=O)[C@H](CCCN=C(N)N)NC1=O. The summed E-state index contributed by atoms with van der Waals surface area (Å²) in [5.41, 5.74) is 55.5. The lowest BCUT2D eigenvalue weighted by molar-refractivity contribution is -0.137. The largest absolute Gasteiger partial charge is 0.379 e. The van der Waals surface area contributed by atoms with Gasteiger partial charge in [-0.15, -0.1) is 0 Å². The number of guanidine groups is 4. The molecule has 0 aromatic rings. The second-order valence-electron chi connectivity index (χ2n) is 22.5. The summed E-state index contributed by atoms with van der Waals surface area (Å²) in [4.78, 5) is 154. The van der Waals surface area contributed by atoms with Crippen LogP contribution in [0.3, 0.4) is 0 Å². The third kappa shape index (κ3) is 41.3. The first-order chi connectivity index (χ1) is 44.0. The van der Waals surface area contributed by atoms with Crippen LogP contribution < -0.4 is 99.9 Å². The molecule has 0 aliphatic carbocycles. The van der Waals surface area contributed by atoms with Gasteiger partial charge in [-0.25, -0.2) is 0 Å². The normalized spacial score (nSPS) is 18.5. The Kier molecular flexibility index (Phi) is 44.9. The molecule has 9 amide bonds. The zero-order valence-electron chi connectivity index (χ0n) is 54.0. The van der Waals surface area contributed by atoms with Crippen LogP contribution in [0.1, 0.15) is 174 Å². The molecule has 1 fully saturated rings. The second kappa shape index (κ2) is 50.5.